The summed E-state index contributed by atoms with van der Waals surface area (Å²) in [6, 6.07) is 14.5. The van der Waals surface area contributed by atoms with Crippen LogP contribution in [0, 0.1) is 13.8 Å². The molecule has 4 aromatic rings. The van der Waals surface area contributed by atoms with E-state index in [9.17, 15) is 0 Å². The molecule has 0 atom stereocenters. The van der Waals surface area contributed by atoms with Crippen molar-refractivity contribution in [1.82, 2.24) is 14.8 Å². The molecule has 0 radical (unpaired) electrons. The van der Waals surface area contributed by atoms with Crippen molar-refractivity contribution in [2.24, 2.45) is 0 Å². The Balaban J connectivity index is 2.20. The molecule has 0 saturated heterocycles. The van der Waals surface area contributed by atoms with Crippen LogP contribution in [-0.2, 0) is 6.42 Å². The number of aryl methyl sites for hydroxylation is 3. The van der Waals surface area contributed by atoms with Gasteiger partial charge in [0.25, 0.3) is 0 Å². The van der Waals surface area contributed by atoms with Gasteiger partial charge in [0, 0.05) is 16.5 Å². The Morgan fingerprint density at radius 3 is 2.58 bits per heavy atom. The van der Waals surface area contributed by atoms with Crippen LogP contribution in [-0.4, -0.2) is 21.9 Å². The third kappa shape index (κ3) is 2.45. The lowest BCUT2D eigenvalue weighted by atomic mass is 10.1. The van der Waals surface area contributed by atoms with Crippen molar-refractivity contribution in [3.8, 4) is 11.4 Å². The van der Waals surface area contributed by atoms with Gasteiger partial charge in [0.15, 0.2) is 0 Å². The first-order chi connectivity index (χ1) is 12.7. The van der Waals surface area contributed by atoms with Crippen LogP contribution in [0.3, 0.4) is 0 Å². The average Bonchev–Trinajstić information content (AvgIpc) is 3.02. The summed E-state index contributed by atoms with van der Waals surface area (Å²) < 4.78 is 7.65. The van der Waals surface area contributed by atoms with Crippen molar-refractivity contribution in [1.29, 1.82) is 0 Å². The molecule has 0 spiro atoms. The molecule has 0 aliphatic rings. The number of methoxy groups -OCH3 is 1. The van der Waals surface area contributed by atoms with E-state index in [0.29, 0.717) is 0 Å². The van der Waals surface area contributed by atoms with E-state index in [2.05, 4.69) is 55.8 Å². The molecule has 132 valence electrons. The van der Waals surface area contributed by atoms with Crippen LogP contribution in [0.25, 0.3) is 27.5 Å². The molecule has 26 heavy (non-hydrogen) atoms. The molecule has 0 aliphatic carbocycles. The highest BCUT2D eigenvalue weighted by Gasteiger charge is 2.19. The molecule has 0 fully saturated rings. The van der Waals surface area contributed by atoms with Gasteiger partial charge in [0.2, 0.25) is 0 Å². The number of fused-ring (bicyclic) bond motifs is 3. The second-order valence-electron chi connectivity index (χ2n) is 6.67. The van der Waals surface area contributed by atoms with Crippen LogP contribution in [0.4, 0.5) is 0 Å². The van der Waals surface area contributed by atoms with E-state index < -0.39 is 0 Å². The highest BCUT2D eigenvalue weighted by Crippen LogP contribution is 2.35. The van der Waals surface area contributed by atoms with Crippen molar-refractivity contribution >= 4 is 21.8 Å². The number of aromatic nitrogens is 3. The quantitative estimate of drug-likeness (QED) is 0.513. The van der Waals surface area contributed by atoms with E-state index in [1.54, 1.807) is 7.11 Å². The van der Waals surface area contributed by atoms with Gasteiger partial charge in [-0.05, 0) is 38.0 Å². The predicted octanol–water partition coefficient (Wildman–Crippen LogP) is 5.15. The van der Waals surface area contributed by atoms with Gasteiger partial charge in [-0.1, -0.05) is 43.7 Å². The minimum atomic E-state index is 0.794. The maximum atomic E-state index is 5.56. The molecule has 2 aromatic carbocycles. The first-order valence-electron chi connectivity index (χ1n) is 9.06. The Kier molecular flexibility index (Phi) is 4.11. The molecular weight excluding hydrogens is 322 g/mol. The Morgan fingerprint density at radius 1 is 1.04 bits per heavy atom. The van der Waals surface area contributed by atoms with Crippen molar-refractivity contribution in [3.63, 3.8) is 0 Å². The minimum absolute atomic E-state index is 0.794. The molecule has 0 saturated carbocycles. The number of hydrogen-bond donors (Lipinski definition) is 0. The smallest absolute Gasteiger partial charge is 0.145 e. The summed E-state index contributed by atoms with van der Waals surface area (Å²) in [7, 11) is 1.69. The topological polar surface area (TPSA) is 39.9 Å². The maximum Gasteiger partial charge on any atom is 0.145 e. The van der Waals surface area contributed by atoms with Crippen LogP contribution >= 0.6 is 0 Å². The van der Waals surface area contributed by atoms with E-state index in [-0.39, 0.29) is 0 Å². The first-order valence-corrected chi connectivity index (χ1v) is 9.06. The van der Waals surface area contributed by atoms with E-state index in [0.717, 1.165) is 57.5 Å². The summed E-state index contributed by atoms with van der Waals surface area (Å²) in [5, 5.41) is 7.25. The van der Waals surface area contributed by atoms with Crippen molar-refractivity contribution in [2.45, 2.75) is 33.6 Å². The fraction of sp³-hybridized carbons (Fsp3) is 0.273. The zero-order valence-corrected chi connectivity index (χ0v) is 15.7. The summed E-state index contributed by atoms with van der Waals surface area (Å²) in [6.07, 6.45) is 1.99. The number of rotatable bonds is 4. The van der Waals surface area contributed by atoms with Gasteiger partial charge < -0.3 is 4.74 Å². The Hall–Kier alpha value is -2.88. The molecule has 0 aliphatic heterocycles. The third-order valence-corrected chi connectivity index (χ3v) is 4.90. The molecule has 0 bridgehead atoms. The maximum absolute atomic E-state index is 5.56. The lowest BCUT2D eigenvalue weighted by Gasteiger charge is -2.11. The summed E-state index contributed by atoms with van der Waals surface area (Å²) in [5.41, 5.74) is 6.42. The normalized spacial score (nSPS) is 11.4. The van der Waals surface area contributed by atoms with Crippen LogP contribution in [0.2, 0.25) is 0 Å². The summed E-state index contributed by atoms with van der Waals surface area (Å²) in [4.78, 5) is 4.87. The van der Waals surface area contributed by atoms with Crippen molar-refractivity contribution < 1.29 is 4.74 Å². The van der Waals surface area contributed by atoms with Gasteiger partial charge >= 0.3 is 0 Å². The second-order valence-corrected chi connectivity index (χ2v) is 6.67. The molecule has 2 aromatic heterocycles. The molecular formula is C22H23N3O. The van der Waals surface area contributed by atoms with Crippen LogP contribution in [0.15, 0.2) is 42.5 Å². The second kappa shape index (κ2) is 6.45. The standard InChI is InChI=1S/C22H23N3O/c1-5-9-17-20-15(3)23-21-16(11-8-13-19(21)26-4)22(20)25(24-17)18-12-7-6-10-14(18)2/h6-8,10-13H,5,9H2,1-4H3. The summed E-state index contributed by atoms with van der Waals surface area (Å²) in [6.45, 7) is 6.38. The number of benzene rings is 2. The molecule has 2 heterocycles. The predicted molar refractivity (Wildman–Crippen MR) is 106 cm³/mol. The van der Waals surface area contributed by atoms with Crippen LogP contribution in [0.5, 0.6) is 5.75 Å². The highest BCUT2D eigenvalue weighted by molar-refractivity contribution is 6.08. The number of nitrogens with zero attached hydrogens (tertiary/aromatic N) is 3. The van der Waals surface area contributed by atoms with E-state index >= 15 is 0 Å². The zero-order valence-electron chi connectivity index (χ0n) is 15.7. The highest BCUT2D eigenvalue weighted by atomic mass is 16.5. The Labute approximate surface area is 153 Å². The molecule has 4 heteroatoms. The van der Waals surface area contributed by atoms with E-state index in [4.69, 9.17) is 14.8 Å². The molecule has 0 amide bonds. The SMILES string of the molecule is CCCc1nn(-c2ccccc2C)c2c1c(C)nc1c(OC)cccc12. The van der Waals surface area contributed by atoms with Crippen molar-refractivity contribution in [2.75, 3.05) is 7.11 Å². The van der Waals surface area contributed by atoms with Crippen molar-refractivity contribution in [3.05, 3.63) is 59.4 Å². The number of ether oxygens (including phenoxy) is 1. The lowest BCUT2D eigenvalue weighted by molar-refractivity contribution is 0.419. The monoisotopic (exact) mass is 345 g/mol. The first kappa shape index (κ1) is 16.6. The van der Waals surface area contributed by atoms with Crippen LogP contribution in [0.1, 0.15) is 30.3 Å². The minimum Gasteiger partial charge on any atom is -0.494 e. The van der Waals surface area contributed by atoms with E-state index in [1.807, 2.05) is 12.1 Å². The number of para-hydroxylation sites is 2. The Morgan fingerprint density at radius 2 is 1.85 bits per heavy atom. The van der Waals surface area contributed by atoms with Gasteiger partial charge in [-0.3, -0.25) is 0 Å². The number of pyridine rings is 1. The molecule has 4 rings (SSSR count). The largest absolute Gasteiger partial charge is 0.494 e. The Bertz CT molecular complexity index is 1110. The van der Waals surface area contributed by atoms with E-state index in [1.165, 1.54) is 5.56 Å². The lowest BCUT2D eigenvalue weighted by Crippen LogP contribution is -2.00. The zero-order chi connectivity index (χ0) is 18.3. The summed E-state index contributed by atoms with van der Waals surface area (Å²) in [5.74, 6) is 0.794. The third-order valence-electron chi connectivity index (χ3n) is 4.90. The van der Waals surface area contributed by atoms with Gasteiger partial charge in [0.1, 0.15) is 11.3 Å². The van der Waals surface area contributed by atoms with Crippen LogP contribution < -0.4 is 4.74 Å². The molecule has 0 unspecified atom stereocenters. The molecule has 0 N–H and O–H groups in total. The number of hydrogen-bond acceptors (Lipinski definition) is 3. The van der Waals surface area contributed by atoms with Gasteiger partial charge in [-0.15, -0.1) is 0 Å². The van der Waals surface area contributed by atoms with Gasteiger partial charge in [-0.25, -0.2) is 9.67 Å². The van der Waals surface area contributed by atoms with Gasteiger partial charge in [-0.2, -0.15) is 5.10 Å². The fourth-order valence-corrected chi connectivity index (χ4v) is 3.70. The fourth-order valence-electron chi connectivity index (χ4n) is 3.70. The van der Waals surface area contributed by atoms with Gasteiger partial charge in [0.05, 0.1) is 24.0 Å². The summed E-state index contributed by atoms with van der Waals surface area (Å²) >= 11 is 0. The average molecular weight is 345 g/mol. The molecule has 4 nitrogen and oxygen atoms in total.